The lowest BCUT2D eigenvalue weighted by Gasteiger charge is -2.32. The number of sulfone groups is 1. The first-order chi connectivity index (χ1) is 12.5. The molecule has 26 heavy (non-hydrogen) atoms. The van der Waals surface area contributed by atoms with Crippen LogP contribution >= 0.6 is 0 Å². The Hall–Kier alpha value is -0.960. The lowest BCUT2D eigenvalue weighted by atomic mass is 10.2. The molecule has 0 unspecified atom stereocenters. The summed E-state index contributed by atoms with van der Waals surface area (Å²) in [6, 6.07) is 0. The smallest absolute Gasteiger partial charge is 0.227 e. The van der Waals surface area contributed by atoms with E-state index < -0.39 is 9.84 Å². The summed E-state index contributed by atoms with van der Waals surface area (Å²) in [6.45, 7) is 6.24. The molecule has 4 rings (SSSR count). The predicted octanol–water partition coefficient (Wildman–Crippen LogP) is 0.993. The van der Waals surface area contributed by atoms with Crippen LogP contribution in [0.15, 0.2) is 11.4 Å². The number of hydrogen-bond donors (Lipinski definition) is 0. The number of aromatic nitrogens is 2. The zero-order valence-electron chi connectivity index (χ0n) is 15.6. The zero-order valence-corrected chi connectivity index (χ0v) is 16.5. The van der Waals surface area contributed by atoms with E-state index in [0.29, 0.717) is 12.5 Å². The quantitative estimate of drug-likeness (QED) is 0.701. The molecule has 0 spiro atoms. The SMILES string of the molecule is CN1CCN(Cc2cnc(S(=O)(=O)CC3CC3)n2C[C@@H]2CCCO2)CC1. The van der Waals surface area contributed by atoms with Crippen LogP contribution in [0.1, 0.15) is 31.4 Å². The van der Waals surface area contributed by atoms with Crippen molar-refractivity contribution in [1.29, 1.82) is 0 Å². The Morgan fingerprint density at radius 1 is 1.19 bits per heavy atom. The molecule has 0 radical (unpaired) electrons. The van der Waals surface area contributed by atoms with Gasteiger partial charge >= 0.3 is 0 Å². The molecule has 146 valence electrons. The molecule has 3 heterocycles. The van der Waals surface area contributed by atoms with Crippen LogP contribution in [0.5, 0.6) is 0 Å². The van der Waals surface area contributed by atoms with Gasteiger partial charge < -0.3 is 14.2 Å². The highest BCUT2D eigenvalue weighted by molar-refractivity contribution is 7.91. The Bertz CT molecular complexity index is 715. The van der Waals surface area contributed by atoms with Crippen LogP contribution in [0, 0.1) is 5.92 Å². The van der Waals surface area contributed by atoms with E-state index in [4.69, 9.17) is 4.74 Å². The number of rotatable bonds is 7. The second-order valence-electron chi connectivity index (χ2n) is 8.08. The molecule has 1 aromatic rings. The number of hydrogen-bond acceptors (Lipinski definition) is 6. The lowest BCUT2D eigenvalue weighted by Crippen LogP contribution is -2.44. The highest BCUT2D eigenvalue weighted by Gasteiger charge is 2.33. The number of piperazine rings is 1. The maximum atomic E-state index is 12.9. The number of likely N-dealkylation sites (N-methyl/N-ethyl adjacent to an activating group) is 1. The van der Waals surface area contributed by atoms with Gasteiger partial charge in [-0.25, -0.2) is 13.4 Å². The Morgan fingerprint density at radius 3 is 2.62 bits per heavy atom. The molecule has 0 N–H and O–H groups in total. The molecule has 2 aliphatic heterocycles. The summed E-state index contributed by atoms with van der Waals surface area (Å²) in [7, 11) is -1.19. The van der Waals surface area contributed by atoms with Gasteiger partial charge in [0.1, 0.15) is 0 Å². The minimum Gasteiger partial charge on any atom is -0.376 e. The summed E-state index contributed by atoms with van der Waals surface area (Å²) in [4.78, 5) is 9.09. The molecule has 7 nitrogen and oxygen atoms in total. The van der Waals surface area contributed by atoms with Crippen LogP contribution in [-0.4, -0.2) is 79.5 Å². The summed E-state index contributed by atoms with van der Waals surface area (Å²) < 4.78 is 33.5. The van der Waals surface area contributed by atoms with Crippen LogP contribution in [0.25, 0.3) is 0 Å². The van der Waals surface area contributed by atoms with Gasteiger partial charge in [0.2, 0.25) is 15.0 Å². The first kappa shape index (κ1) is 18.4. The molecule has 0 aromatic carbocycles. The largest absolute Gasteiger partial charge is 0.376 e. The fraction of sp³-hybridized carbons (Fsp3) is 0.833. The molecule has 3 aliphatic rings. The van der Waals surface area contributed by atoms with Gasteiger partial charge in [0.15, 0.2) is 0 Å². The fourth-order valence-electron chi connectivity index (χ4n) is 3.86. The molecule has 0 bridgehead atoms. The van der Waals surface area contributed by atoms with Gasteiger partial charge in [-0.05, 0) is 38.6 Å². The normalized spacial score (nSPS) is 25.8. The van der Waals surface area contributed by atoms with Crippen molar-refractivity contribution in [2.45, 2.75) is 50.0 Å². The van der Waals surface area contributed by atoms with E-state index in [9.17, 15) is 8.42 Å². The molecule has 1 saturated carbocycles. The van der Waals surface area contributed by atoms with Gasteiger partial charge in [-0.2, -0.15) is 0 Å². The minimum absolute atomic E-state index is 0.102. The maximum Gasteiger partial charge on any atom is 0.227 e. The Balaban J connectivity index is 1.55. The molecule has 1 atom stereocenters. The molecule has 3 fully saturated rings. The van der Waals surface area contributed by atoms with E-state index >= 15 is 0 Å². The van der Waals surface area contributed by atoms with Crippen LogP contribution in [0.4, 0.5) is 0 Å². The van der Waals surface area contributed by atoms with Crippen LogP contribution < -0.4 is 0 Å². The average molecular weight is 383 g/mol. The summed E-state index contributed by atoms with van der Waals surface area (Å²) in [5, 5.41) is 0.254. The fourth-order valence-corrected chi connectivity index (χ4v) is 5.70. The third-order valence-electron chi connectivity index (χ3n) is 5.72. The van der Waals surface area contributed by atoms with E-state index in [1.807, 2.05) is 4.57 Å². The van der Waals surface area contributed by atoms with Crippen molar-refractivity contribution in [3.8, 4) is 0 Å². The standard InChI is InChI=1S/C18H30N4O3S/c1-20-6-8-21(9-7-20)12-16-11-19-18(26(23,24)14-15-4-5-15)22(16)13-17-3-2-10-25-17/h11,15,17H,2-10,12-14H2,1H3/t17-/m0/s1. The second-order valence-corrected chi connectivity index (χ2v) is 10.0. The molecule has 8 heteroatoms. The van der Waals surface area contributed by atoms with Crippen molar-refractivity contribution in [3.63, 3.8) is 0 Å². The van der Waals surface area contributed by atoms with E-state index in [-0.39, 0.29) is 17.0 Å². The van der Waals surface area contributed by atoms with Crippen molar-refractivity contribution in [2.75, 3.05) is 45.6 Å². The van der Waals surface area contributed by atoms with Gasteiger partial charge in [0, 0.05) is 39.3 Å². The molecule has 0 amide bonds. The third-order valence-corrected chi connectivity index (χ3v) is 7.52. The van der Waals surface area contributed by atoms with Crippen molar-refractivity contribution in [2.24, 2.45) is 5.92 Å². The van der Waals surface area contributed by atoms with Crippen LogP contribution in [0.3, 0.4) is 0 Å². The van der Waals surface area contributed by atoms with Crippen LogP contribution in [0.2, 0.25) is 0 Å². The lowest BCUT2D eigenvalue weighted by molar-refractivity contribution is 0.0921. The topological polar surface area (TPSA) is 67.7 Å². The summed E-state index contributed by atoms with van der Waals surface area (Å²) in [5.74, 6) is 0.567. The van der Waals surface area contributed by atoms with E-state index in [1.165, 1.54) is 0 Å². The van der Waals surface area contributed by atoms with E-state index in [2.05, 4.69) is 21.8 Å². The van der Waals surface area contributed by atoms with Gasteiger partial charge in [0.05, 0.1) is 30.3 Å². The number of imidazole rings is 1. The maximum absolute atomic E-state index is 12.9. The zero-order chi connectivity index (χ0) is 18.1. The number of ether oxygens (including phenoxy) is 1. The highest BCUT2D eigenvalue weighted by Crippen LogP contribution is 2.32. The van der Waals surface area contributed by atoms with Crippen molar-refractivity contribution < 1.29 is 13.2 Å². The highest BCUT2D eigenvalue weighted by atomic mass is 32.2. The Labute approximate surface area is 156 Å². The van der Waals surface area contributed by atoms with Gasteiger partial charge in [-0.3, -0.25) is 4.90 Å². The van der Waals surface area contributed by atoms with Gasteiger partial charge in [-0.1, -0.05) is 0 Å². The Kier molecular flexibility index (Phi) is 5.36. The molecule has 2 saturated heterocycles. The monoisotopic (exact) mass is 382 g/mol. The number of nitrogens with zero attached hydrogens (tertiary/aromatic N) is 4. The first-order valence-corrected chi connectivity index (χ1v) is 11.5. The molecule has 1 aliphatic carbocycles. The van der Waals surface area contributed by atoms with Gasteiger partial charge in [0.25, 0.3) is 0 Å². The summed E-state index contributed by atoms with van der Waals surface area (Å²) in [5.41, 5.74) is 0.999. The second kappa shape index (κ2) is 7.58. The molecular formula is C18H30N4O3S. The summed E-state index contributed by atoms with van der Waals surface area (Å²) in [6.07, 6.45) is 5.98. The van der Waals surface area contributed by atoms with Crippen LogP contribution in [-0.2, 0) is 27.7 Å². The first-order valence-electron chi connectivity index (χ1n) is 9.81. The van der Waals surface area contributed by atoms with Gasteiger partial charge in [-0.15, -0.1) is 0 Å². The molecule has 1 aromatic heterocycles. The average Bonchev–Trinajstić information content (AvgIpc) is 3.08. The van der Waals surface area contributed by atoms with E-state index in [0.717, 1.165) is 70.7 Å². The summed E-state index contributed by atoms with van der Waals surface area (Å²) >= 11 is 0. The van der Waals surface area contributed by atoms with Crippen molar-refractivity contribution in [1.82, 2.24) is 19.4 Å². The Morgan fingerprint density at radius 2 is 1.96 bits per heavy atom. The van der Waals surface area contributed by atoms with E-state index in [1.54, 1.807) is 6.20 Å². The van der Waals surface area contributed by atoms with Crippen molar-refractivity contribution >= 4 is 9.84 Å². The molecular weight excluding hydrogens is 352 g/mol. The predicted molar refractivity (Wildman–Crippen MR) is 98.8 cm³/mol. The minimum atomic E-state index is -3.33. The third kappa shape index (κ3) is 4.30. The van der Waals surface area contributed by atoms with Crippen molar-refractivity contribution in [3.05, 3.63) is 11.9 Å².